The fraction of sp³-hybridized carbons (Fsp3) is 0.986. The third-order valence-corrected chi connectivity index (χ3v) is 15.6. The van der Waals surface area contributed by atoms with Crippen LogP contribution in [0, 0.1) is 0 Å². The van der Waals surface area contributed by atoms with Crippen molar-refractivity contribution >= 4 is 5.91 Å². The van der Waals surface area contributed by atoms with Crippen molar-refractivity contribution in [3.05, 3.63) is 0 Å². The summed E-state index contributed by atoms with van der Waals surface area (Å²) >= 11 is 0. The van der Waals surface area contributed by atoms with Crippen LogP contribution in [0.2, 0.25) is 0 Å². The number of unbranched alkanes of at least 4 members (excludes halogenated alkanes) is 45. The average molecular weight is 1060 g/mol. The molecule has 0 aliphatic carbocycles. The molecule has 0 aromatic rings. The molecule has 1 amide bonds. The maximum atomic E-state index is 12.7. The van der Waals surface area contributed by atoms with Crippen LogP contribution >= 0.6 is 0 Å². The molecule has 0 aromatic carbocycles. The number of hydrogen-bond acceptors (Lipinski definition) is 5. The maximum Gasteiger partial charge on any atom is 0.234 e. The zero-order chi connectivity index (χ0) is 55.3. The van der Waals surface area contributed by atoms with Crippen molar-refractivity contribution in [1.29, 1.82) is 0 Å². The summed E-state index contributed by atoms with van der Waals surface area (Å²) in [6.45, 7) is 26.3. The highest BCUT2D eigenvalue weighted by Gasteiger charge is 2.11. The van der Waals surface area contributed by atoms with Gasteiger partial charge in [0, 0.05) is 32.7 Å². The topological polar surface area (TPSA) is 59.6 Å². The van der Waals surface area contributed by atoms with Crippen molar-refractivity contribution in [1.82, 2.24) is 25.8 Å². The van der Waals surface area contributed by atoms with E-state index in [2.05, 4.69) is 67.4 Å². The number of amides is 1. The predicted octanol–water partition coefficient (Wildman–Crippen LogP) is 21.1. The number of nitrogens with one attached hydrogen (secondary N) is 3. The van der Waals surface area contributed by atoms with Gasteiger partial charge >= 0.3 is 0 Å². The molecule has 0 radical (unpaired) electrons. The molecule has 1 aliphatic heterocycles. The first-order valence-corrected chi connectivity index (χ1v) is 35.1. The monoisotopic (exact) mass is 1060 g/mol. The largest absolute Gasteiger partial charge is 0.355 e. The van der Waals surface area contributed by atoms with E-state index in [1.807, 2.05) is 13.8 Å². The van der Waals surface area contributed by atoms with E-state index in [1.165, 1.54) is 328 Å². The molecule has 0 saturated carbocycles. The molecule has 6 nitrogen and oxygen atoms in total. The second kappa shape index (κ2) is 75.4. The molecule has 75 heavy (non-hydrogen) atoms. The number of nitrogens with zero attached hydrogens (tertiary/aromatic N) is 2. The van der Waals surface area contributed by atoms with Gasteiger partial charge in [-0.3, -0.25) is 9.69 Å². The van der Waals surface area contributed by atoms with Gasteiger partial charge in [0.25, 0.3) is 0 Å². The molecular weight excluding hydrogens is 915 g/mol. The van der Waals surface area contributed by atoms with Crippen LogP contribution in [0.3, 0.4) is 0 Å². The summed E-state index contributed by atoms with van der Waals surface area (Å²) in [5.41, 5.74) is 0. The van der Waals surface area contributed by atoms with Crippen LogP contribution in [-0.2, 0) is 4.79 Å². The van der Waals surface area contributed by atoms with Crippen molar-refractivity contribution in [3.63, 3.8) is 0 Å². The number of piperazine rings is 1. The Hall–Kier alpha value is -0.690. The van der Waals surface area contributed by atoms with Gasteiger partial charge < -0.3 is 20.9 Å². The molecule has 1 saturated heterocycles. The molecule has 1 aliphatic rings. The lowest BCUT2D eigenvalue weighted by Crippen LogP contribution is -2.39. The quantitative estimate of drug-likeness (QED) is 0.0530. The lowest BCUT2D eigenvalue weighted by atomic mass is 10.1. The lowest BCUT2D eigenvalue weighted by Gasteiger charge is -2.22. The van der Waals surface area contributed by atoms with Crippen LogP contribution in [0.5, 0.6) is 0 Å². The fourth-order valence-corrected chi connectivity index (χ4v) is 10.5. The molecular formula is C69H147N5O. The second-order valence-electron chi connectivity index (χ2n) is 23.3. The summed E-state index contributed by atoms with van der Waals surface area (Å²) < 4.78 is 0. The molecule has 1 heterocycles. The lowest BCUT2D eigenvalue weighted by molar-refractivity contribution is -0.122. The molecule has 1 rings (SSSR count). The molecule has 3 N–H and O–H groups in total. The van der Waals surface area contributed by atoms with Gasteiger partial charge in [-0.1, -0.05) is 337 Å². The Kier molecular flexibility index (Phi) is 78.9. The van der Waals surface area contributed by atoms with E-state index < -0.39 is 0 Å². The number of hydrogen-bond donors (Lipinski definition) is 3. The Morgan fingerprint density at radius 2 is 0.507 bits per heavy atom. The van der Waals surface area contributed by atoms with Gasteiger partial charge in [-0.25, -0.2) is 0 Å². The Bertz CT molecular complexity index is 901. The number of carbonyl (C=O) groups is 1. The van der Waals surface area contributed by atoms with E-state index >= 15 is 0 Å². The molecule has 454 valence electrons. The number of rotatable bonds is 57. The molecule has 0 aromatic heterocycles. The van der Waals surface area contributed by atoms with Crippen molar-refractivity contribution in [2.45, 2.75) is 370 Å². The first kappa shape index (κ1) is 78.5. The van der Waals surface area contributed by atoms with Gasteiger partial charge in [0.1, 0.15) is 0 Å². The van der Waals surface area contributed by atoms with Crippen molar-refractivity contribution in [2.75, 3.05) is 72.5 Å². The summed E-state index contributed by atoms with van der Waals surface area (Å²) in [5, 5.41) is 9.68. The Morgan fingerprint density at radius 3 is 0.733 bits per heavy atom. The molecule has 1 fully saturated rings. The first-order valence-electron chi connectivity index (χ1n) is 35.1. The smallest absolute Gasteiger partial charge is 0.234 e. The Balaban J connectivity index is -0.00000129. The van der Waals surface area contributed by atoms with E-state index in [0.29, 0.717) is 6.54 Å². The van der Waals surface area contributed by atoms with Crippen molar-refractivity contribution in [3.8, 4) is 0 Å². The minimum atomic E-state index is 0.250. The van der Waals surface area contributed by atoms with Crippen LogP contribution in [0.25, 0.3) is 0 Å². The van der Waals surface area contributed by atoms with Crippen LogP contribution in [0.1, 0.15) is 370 Å². The third kappa shape index (κ3) is 75.4. The van der Waals surface area contributed by atoms with Gasteiger partial charge in [0.2, 0.25) is 5.91 Å². The van der Waals surface area contributed by atoms with E-state index in [9.17, 15) is 4.79 Å². The summed E-state index contributed by atoms with van der Waals surface area (Å²) in [7, 11) is 2.32. The van der Waals surface area contributed by atoms with Gasteiger partial charge in [0.05, 0.1) is 6.54 Å². The zero-order valence-electron chi connectivity index (χ0n) is 53.7. The molecule has 0 unspecified atom stereocenters. The first-order chi connectivity index (χ1) is 37.0. The standard InChI is InChI=1S/C38H78N2O.C25H53N.C4H10N2.C2H6/c1-4-7-10-13-16-19-22-25-28-31-34-39-38(41)37-40(35-32-29-26-23-20-17-14-11-8-5-2)36-33-30-27-24-21-18-15-12-9-6-3;1-4-6-8-10-12-14-16-18-20-22-24-26(3)25-23-21-19-17-15-13-11-9-7-5-2;1-2-6-4-3-5-1;1-2/h4-37H2,1-3H3,(H,39,41);4-25H2,1-3H3;5-6H,1-4H2;1-2H3. The summed E-state index contributed by atoms with van der Waals surface area (Å²) in [5.74, 6) is 0.250. The Labute approximate surface area is 476 Å². The third-order valence-electron chi connectivity index (χ3n) is 15.6. The zero-order valence-corrected chi connectivity index (χ0v) is 53.7. The van der Waals surface area contributed by atoms with Crippen LogP contribution in [-0.4, -0.2) is 88.2 Å². The van der Waals surface area contributed by atoms with E-state index in [4.69, 9.17) is 0 Å². The SMILES string of the molecule is C1CNCCN1.CC.CCCCCCCCCCCCN(C)CCCCCCCCCCCC.CCCCCCCCCCCCNC(=O)CN(CCCCCCCCCCCC)CCCCCCCCCCCC. The Morgan fingerprint density at radius 1 is 0.307 bits per heavy atom. The molecule has 0 bridgehead atoms. The fourth-order valence-electron chi connectivity index (χ4n) is 10.5. The predicted molar refractivity (Wildman–Crippen MR) is 343 cm³/mol. The van der Waals surface area contributed by atoms with E-state index in [1.54, 1.807) is 0 Å². The highest BCUT2D eigenvalue weighted by atomic mass is 16.2. The molecule has 0 spiro atoms. The molecule has 6 heteroatoms. The second-order valence-corrected chi connectivity index (χ2v) is 23.3. The van der Waals surface area contributed by atoms with Crippen LogP contribution in [0.4, 0.5) is 0 Å². The van der Waals surface area contributed by atoms with Gasteiger partial charge in [-0.05, 0) is 65.3 Å². The van der Waals surface area contributed by atoms with Crippen LogP contribution in [0.15, 0.2) is 0 Å². The highest BCUT2D eigenvalue weighted by molar-refractivity contribution is 5.77. The highest BCUT2D eigenvalue weighted by Crippen LogP contribution is 2.16. The molecule has 0 atom stereocenters. The normalized spacial score (nSPS) is 12.3. The van der Waals surface area contributed by atoms with Gasteiger partial charge in [-0.2, -0.15) is 0 Å². The van der Waals surface area contributed by atoms with Crippen molar-refractivity contribution < 1.29 is 4.79 Å². The van der Waals surface area contributed by atoms with E-state index in [0.717, 1.165) is 52.2 Å². The minimum absolute atomic E-state index is 0.250. The van der Waals surface area contributed by atoms with Crippen molar-refractivity contribution in [2.24, 2.45) is 0 Å². The number of carbonyl (C=O) groups excluding carboxylic acids is 1. The van der Waals surface area contributed by atoms with Crippen LogP contribution < -0.4 is 16.0 Å². The average Bonchev–Trinajstić information content (AvgIpc) is 3.43. The summed E-state index contributed by atoms with van der Waals surface area (Å²) in [6.07, 6.45) is 69.9. The maximum absolute atomic E-state index is 12.7. The minimum Gasteiger partial charge on any atom is -0.355 e. The summed E-state index contributed by atoms with van der Waals surface area (Å²) in [4.78, 5) is 17.8. The van der Waals surface area contributed by atoms with Gasteiger partial charge in [0.15, 0.2) is 0 Å². The van der Waals surface area contributed by atoms with E-state index in [-0.39, 0.29) is 5.91 Å². The summed E-state index contributed by atoms with van der Waals surface area (Å²) in [6, 6.07) is 0. The van der Waals surface area contributed by atoms with Gasteiger partial charge in [-0.15, -0.1) is 0 Å².